The van der Waals surface area contributed by atoms with Gasteiger partial charge in [0.15, 0.2) is 6.61 Å². The van der Waals surface area contributed by atoms with Gasteiger partial charge in [0.05, 0.1) is 6.04 Å². The molecule has 2 aromatic rings. The lowest BCUT2D eigenvalue weighted by atomic mass is 10.1. The molecular weight excluding hydrogens is 376 g/mol. The maximum Gasteiger partial charge on any atom is 0.258 e. The second-order valence-corrected chi connectivity index (χ2v) is 7.35. The predicted octanol–water partition coefficient (Wildman–Crippen LogP) is 4.35. The van der Waals surface area contributed by atoms with Gasteiger partial charge in [-0.2, -0.15) is 0 Å². The van der Waals surface area contributed by atoms with Gasteiger partial charge in [-0.05, 0) is 76.0 Å². The standard InChI is InChI=1S/C22H30N2O3.ClH/c1-16-8-7-9-20(18(16)3)26-15-22(25)23-14-19(21-11-10-17(2)27-21)24-12-5-4-6-13-24;/h7-11,19H,4-6,12-15H2,1-3H3,(H,23,25);1H. The summed E-state index contributed by atoms with van der Waals surface area (Å²) in [6, 6.07) is 9.96. The van der Waals surface area contributed by atoms with Crippen molar-refractivity contribution in [3.05, 3.63) is 53.0 Å². The van der Waals surface area contributed by atoms with E-state index in [0.717, 1.165) is 41.5 Å². The van der Waals surface area contributed by atoms with E-state index in [-0.39, 0.29) is 31.0 Å². The summed E-state index contributed by atoms with van der Waals surface area (Å²) in [7, 11) is 0. The van der Waals surface area contributed by atoms with E-state index in [0.29, 0.717) is 6.54 Å². The summed E-state index contributed by atoms with van der Waals surface area (Å²) >= 11 is 0. The summed E-state index contributed by atoms with van der Waals surface area (Å²) < 4.78 is 11.6. The van der Waals surface area contributed by atoms with E-state index in [1.54, 1.807) is 0 Å². The monoisotopic (exact) mass is 406 g/mol. The Morgan fingerprint density at radius 3 is 2.57 bits per heavy atom. The van der Waals surface area contributed by atoms with Crippen LogP contribution >= 0.6 is 12.4 Å². The van der Waals surface area contributed by atoms with Gasteiger partial charge in [0.2, 0.25) is 0 Å². The maximum absolute atomic E-state index is 12.4. The Labute approximate surface area is 173 Å². The molecule has 28 heavy (non-hydrogen) atoms. The normalized spacial score (nSPS) is 15.5. The summed E-state index contributed by atoms with van der Waals surface area (Å²) in [6.45, 7) is 8.63. The first kappa shape index (κ1) is 22.3. The van der Waals surface area contributed by atoms with Crippen LogP contribution in [0, 0.1) is 20.8 Å². The van der Waals surface area contributed by atoms with E-state index >= 15 is 0 Å². The Morgan fingerprint density at radius 2 is 1.89 bits per heavy atom. The number of nitrogens with one attached hydrogen (secondary N) is 1. The molecule has 1 aliphatic rings. The molecule has 1 amide bonds. The third kappa shape index (κ3) is 5.76. The molecule has 0 spiro atoms. The summed E-state index contributed by atoms with van der Waals surface area (Å²) in [5, 5.41) is 3.03. The van der Waals surface area contributed by atoms with E-state index in [9.17, 15) is 4.79 Å². The van der Waals surface area contributed by atoms with Gasteiger partial charge in [-0.15, -0.1) is 12.4 Å². The van der Waals surface area contributed by atoms with Crippen molar-refractivity contribution in [3.63, 3.8) is 0 Å². The first-order valence-corrected chi connectivity index (χ1v) is 9.80. The van der Waals surface area contributed by atoms with Gasteiger partial charge < -0.3 is 14.5 Å². The molecule has 1 atom stereocenters. The van der Waals surface area contributed by atoms with Crippen molar-refractivity contribution in [3.8, 4) is 5.75 Å². The highest BCUT2D eigenvalue weighted by molar-refractivity contribution is 5.85. The fourth-order valence-corrected chi connectivity index (χ4v) is 3.56. The number of hydrogen-bond donors (Lipinski definition) is 1. The first-order valence-electron chi connectivity index (χ1n) is 9.80. The molecule has 1 saturated heterocycles. The van der Waals surface area contributed by atoms with Crippen molar-refractivity contribution in [1.82, 2.24) is 10.2 Å². The SMILES string of the molecule is Cc1ccc(C(CNC(=O)COc2cccc(C)c2C)N2CCCCC2)o1.Cl. The minimum atomic E-state index is -0.110. The maximum atomic E-state index is 12.4. The first-order chi connectivity index (χ1) is 13.0. The Hall–Kier alpha value is -1.98. The van der Waals surface area contributed by atoms with Crippen LogP contribution in [0.1, 0.15) is 48.0 Å². The number of ether oxygens (including phenoxy) is 1. The topological polar surface area (TPSA) is 54.7 Å². The zero-order valence-corrected chi connectivity index (χ0v) is 17.8. The average Bonchev–Trinajstić information content (AvgIpc) is 3.10. The van der Waals surface area contributed by atoms with Gasteiger partial charge in [-0.1, -0.05) is 18.6 Å². The van der Waals surface area contributed by atoms with Crippen molar-refractivity contribution >= 4 is 18.3 Å². The number of rotatable bonds is 7. The number of likely N-dealkylation sites (tertiary alicyclic amines) is 1. The molecule has 1 unspecified atom stereocenters. The molecule has 6 heteroatoms. The lowest BCUT2D eigenvalue weighted by molar-refractivity contribution is -0.123. The smallest absolute Gasteiger partial charge is 0.258 e. The zero-order chi connectivity index (χ0) is 19.2. The number of nitrogens with zero attached hydrogens (tertiary/aromatic N) is 1. The number of carbonyl (C=O) groups is 1. The zero-order valence-electron chi connectivity index (χ0n) is 17.0. The van der Waals surface area contributed by atoms with Gasteiger partial charge in [0.25, 0.3) is 5.91 Å². The molecular formula is C22H31ClN2O3. The number of furan rings is 1. The highest BCUT2D eigenvalue weighted by atomic mass is 35.5. The van der Waals surface area contributed by atoms with Crippen LogP contribution in [0.4, 0.5) is 0 Å². The van der Waals surface area contributed by atoms with Crippen LogP contribution in [0.3, 0.4) is 0 Å². The third-order valence-electron chi connectivity index (χ3n) is 5.33. The van der Waals surface area contributed by atoms with Crippen molar-refractivity contribution in [2.75, 3.05) is 26.2 Å². The van der Waals surface area contributed by atoms with Crippen LogP contribution in [0.2, 0.25) is 0 Å². The summed E-state index contributed by atoms with van der Waals surface area (Å²) in [4.78, 5) is 14.8. The number of piperidine rings is 1. The van der Waals surface area contributed by atoms with E-state index in [1.807, 2.05) is 51.1 Å². The Kier molecular flexibility index (Phi) is 8.39. The second-order valence-electron chi connectivity index (χ2n) is 7.35. The largest absolute Gasteiger partial charge is 0.483 e. The molecule has 0 bridgehead atoms. The minimum Gasteiger partial charge on any atom is -0.483 e. The van der Waals surface area contributed by atoms with Gasteiger partial charge in [0, 0.05) is 6.54 Å². The van der Waals surface area contributed by atoms with E-state index in [1.165, 1.54) is 19.3 Å². The predicted molar refractivity (Wildman–Crippen MR) is 113 cm³/mol. The minimum absolute atomic E-state index is 0. The van der Waals surface area contributed by atoms with E-state index in [4.69, 9.17) is 9.15 Å². The van der Waals surface area contributed by atoms with Crippen LogP contribution in [0.5, 0.6) is 5.75 Å². The van der Waals surface area contributed by atoms with E-state index in [2.05, 4.69) is 10.2 Å². The highest BCUT2D eigenvalue weighted by Gasteiger charge is 2.25. The fraction of sp³-hybridized carbons (Fsp3) is 0.500. The highest BCUT2D eigenvalue weighted by Crippen LogP contribution is 2.26. The van der Waals surface area contributed by atoms with Crippen molar-refractivity contribution in [2.24, 2.45) is 0 Å². The Balaban J connectivity index is 0.00000280. The molecule has 3 rings (SSSR count). The summed E-state index contributed by atoms with van der Waals surface area (Å²) in [5.41, 5.74) is 2.23. The number of hydrogen-bond acceptors (Lipinski definition) is 4. The fourth-order valence-electron chi connectivity index (χ4n) is 3.56. The molecule has 1 aromatic heterocycles. The molecule has 1 fully saturated rings. The molecule has 5 nitrogen and oxygen atoms in total. The average molecular weight is 407 g/mol. The molecule has 0 aliphatic carbocycles. The lowest BCUT2D eigenvalue weighted by Crippen LogP contribution is -2.41. The molecule has 1 N–H and O–H groups in total. The summed E-state index contributed by atoms with van der Waals surface area (Å²) in [5.74, 6) is 2.47. The van der Waals surface area contributed by atoms with Crippen LogP contribution in [0.25, 0.3) is 0 Å². The van der Waals surface area contributed by atoms with Crippen LogP contribution < -0.4 is 10.1 Å². The lowest BCUT2D eigenvalue weighted by Gasteiger charge is -2.33. The second kappa shape index (κ2) is 10.5. The molecule has 154 valence electrons. The molecule has 1 aromatic carbocycles. The molecule has 0 radical (unpaired) electrons. The van der Waals surface area contributed by atoms with Crippen molar-refractivity contribution < 1.29 is 13.9 Å². The van der Waals surface area contributed by atoms with Gasteiger partial charge >= 0.3 is 0 Å². The Morgan fingerprint density at radius 1 is 1.14 bits per heavy atom. The van der Waals surface area contributed by atoms with E-state index < -0.39 is 0 Å². The number of aryl methyl sites for hydroxylation is 2. The van der Waals surface area contributed by atoms with Gasteiger partial charge in [-0.25, -0.2) is 0 Å². The number of carbonyl (C=O) groups excluding carboxylic acids is 1. The Bertz CT molecular complexity index is 769. The van der Waals surface area contributed by atoms with Gasteiger partial charge in [0.1, 0.15) is 17.3 Å². The quantitative estimate of drug-likeness (QED) is 0.742. The molecule has 0 saturated carbocycles. The molecule has 2 heterocycles. The van der Waals surface area contributed by atoms with Crippen LogP contribution in [0.15, 0.2) is 34.7 Å². The van der Waals surface area contributed by atoms with Crippen molar-refractivity contribution in [2.45, 2.75) is 46.1 Å². The van der Waals surface area contributed by atoms with Crippen molar-refractivity contribution in [1.29, 1.82) is 0 Å². The number of amides is 1. The van der Waals surface area contributed by atoms with Crippen LogP contribution in [-0.2, 0) is 4.79 Å². The molecule has 1 aliphatic heterocycles. The summed E-state index contributed by atoms with van der Waals surface area (Å²) in [6.07, 6.45) is 3.66. The number of halogens is 1. The number of benzene rings is 1. The van der Waals surface area contributed by atoms with Gasteiger partial charge in [-0.3, -0.25) is 9.69 Å². The van der Waals surface area contributed by atoms with Crippen LogP contribution in [-0.4, -0.2) is 37.0 Å². The third-order valence-corrected chi connectivity index (χ3v) is 5.33.